The van der Waals surface area contributed by atoms with E-state index in [0.717, 1.165) is 5.69 Å². The molecule has 21 heavy (non-hydrogen) atoms. The molecule has 0 aliphatic carbocycles. The Morgan fingerprint density at radius 1 is 1.24 bits per heavy atom. The average Bonchev–Trinajstić information content (AvgIpc) is 2.82. The molecule has 0 fully saturated rings. The van der Waals surface area contributed by atoms with Gasteiger partial charge in [-0.2, -0.15) is 0 Å². The van der Waals surface area contributed by atoms with Gasteiger partial charge < -0.3 is 15.5 Å². The number of hydrogen-bond acceptors (Lipinski definition) is 4. The number of aryl methyl sites for hydroxylation is 1. The highest BCUT2D eigenvalue weighted by molar-refractivity contribution is 7.10. The molecule has 5 heteroatoms. The number of thiophene rings is 1. The van der Waals surface area contributed by atoms with E-state index in [4.69, 9.17) is 5.73 Å². The molecular formula is C16H21N3OS. The summed E-state index contributed by atoms with van der Waals surface area (Å²) in [6, 6.07) is 7.52. The highest BCUT2D eigenvalue weighted by Crippen LogP contribution is 2.24. The monoisotopic (exact) mass is 303 g/mol. The van der Waals surface area contributed by atoms with Crippen LogP contribution in [0.3, 0.4) is 0 Å². The van der Waals surface area contributed by atoms with E-state index in [1.54, 1.807) is 22.3 Å². The Balaban J connectivity index is 2.16. The molecule has 0 saturated carbocycles. The summed E-state index contributed by atoms with van der Waals surface area (Å²) in [5.74, 6) is -0.0141. The summed E-state index contributed by atoms with van der Waals surface area (Å²) < 4.78 is 0. The van der Waals surface area contributed by atoms with Gasteiger partial charge in [-0.05, 0) is 42.1 Å². The Morgan fingerprint density at radius 2 is 1.95 bits per heavy atom. The molecule has 0 aliphatic heterocycles. The lowest BCUT2D eigenvalue weighted by Gasteiger charge is -2.19. The molecule has 0 aliphatic rings. The number of carbonyl (C=O) groups is 1. The zero-order valence-corrected chi connectivity index (χ0v) is 13.7. The first kappa shape index (κ1) is 15.4. The van der Waals surface area contributed by atoms with E-state index in [-0.39, 0.29) is 5.91 Å². The van der Waals surface area contributed by atoms with Crippen molar-refractivity contribution in [2.45, 2.75) is 13.5 Å². The average molecular weight is 303 g/mol. The molecule has 1 heterocycles. The number of nitrogens with zero attached hydrogens (tertiary/aromatic N) is 2. The minimum absolute atomic E-state index is 0.0141. The van der Waals surface area contributed by atoms with Crippen molar-refractivity contribution in [2.75, 3.05) is 31.8 Å². The van der Waals surface area contributed by atoms with E-state index in [1.165, 1.54) is 10.4 Å². The Hall–Kier alpha value is -2.01. The number of anilines is 2. The summed E-state index contributed by atoms with van der Waals surface area (Å²) in [5, 5.41) is 2.05. The zero-order chi connectivity index (χ0) is 15.6. The molecule has 0 atom stereocenters. The van der Waals surface area contributed by atoms with Gasteiger partial charge >= 0.3 is 0 Å². The van der Waals surface area contributed by atoms with Crippen molar-refractivity contribution >= 4 is 28.6 Å². The van der Waals surface area contributed by atoms with Crippen molar-refractivity contribution in [1.82, 2.24) is 4.90 Å². The summed E-state index contributed by atoms with van der Waals surface area (Å²) >= 11 is 1.67. The quantitative estimate of drug-likeness (QED) is 0.883. The first-order valence-electron chi connectivity index (χ1n) is 6.75. The molecule has 2 rings (SSSR count). The summed E-state index contributed by atoms with van der Waals surface area (Å²) in [5.41, 5.74) is 9.39. The van der Waals surface area contributed by atoms with Crippen LogP contribution in [-0.4, -0.2) is 32.0 Å². The fraction of sp³-hybridized carbons (Fsp3) is 0.312. The fourth-order valence-corrected chi connectivity index (χ4v) is 3.13. The Morgan fingerprint density at radius 3 is 2.48 bits per heavy atom. The van der Waals surface area contributed by atoms with Crippen molar-refractivity contribution in [2.24, 2.45) is 0 Å². The maximum absolute atomic E-state index is 12.5. The number of rotatable bonds is 4. The lowest BCUT2D eigenvalue weighted by molar-refractivity contribution is 0.0786. The number of amides is 1. The second kappa shape index (κ2) is 6.18. The molecular weight excluding hydrogens is 282 g/mol. The zero-order valence-electron chi connectivity index (χ0n) is 12.9. The molecule has 4 nitrogen and oxygen atoms in total. The van der Waals surface area contributed by atoms with Gasteiger partial charge in [0.15, 0.2) is 0 Å². The molecule has 0 radical (unpaired) electrons. The summed E-state index contributed by atoms with van der Waals surface area (Å²) in [6.45, 7) is 2.69. The number of hydrogen-bond donors (Lipinski definition) is 1. The van der Waals surface area contributed by atoms with Crippen LogP contribution in [0.1, 0.15) is 20.8 Å². The molecule has 112 valence electrons. The Kier molecular flexibility index (Phi) is 4.53. The van der Waals surface area contributed by atoms with Crippen LogP contribution in [0, 0.1) is 6.92 Å². The third kappa shape index (κ3) is 3.36. The molecule has 0 unspecified atom stereocenters. The van der Waals surface area contributed by atoms with Gasteiger partial charge in [-0.25, -0.2) is 0 Å². The lowest BCUT2D eigenvalue weighted by Crippen LogP contribution is -2.26. The van der Waals surface area contributed by atoms with E-state index in [0.29, 0.717) is 17.8 Å². The molecule has 0 spiro atoms. The number of nitrogen functional groups attached to an aromatic ring is 1. The van der Waals surface area contributed by atoms with Crippen LogP contribution in [-0.2, 0) is 6.54 Å². The van der Waals surface area contributed by atoms with Crippen LogP contribution in [0.4, 0.5) is 11.4 Å². The highest BCUT2D eigenvalue weighted by atomic mass is 32.1. The Bertz CT molecular complexity index is 649. The largest absolute Gasteiger partial charge is 0.397 e. The van der Waals surface area contributed by atoms with Gasteiger partial charge in [0.05, 0.1) is 17.9 Å². The third-order valence-electron chi connectivity index (χ3n) is 3.45. The van der Waals surface area contributed by atoms with E-state index >= 15 is 0 Å². The van der Waals surface area contributed by atoms with E-state index in [9.17, 15) is 4.79 Å². The van der Waals surface area contributed by atoms with Crippen molar-refractivity contribution in [3.05, 3.63) is 45.6 Å². The molecule has 0 bridgehead atoms. The van der Waals surface area contributed by atoms with E-state index in [2.05, 4.69) is 13.0 Å². The normalized spacial score (nSPS) is 10.5. The van der Waals surface area contributed by atoms with Crippen LogP contribution in [0.5, 0.6) is 0 Å². The van der Waals surface area contributed by atoms with Crippen LogP contribution in [0.15, 0.2) is 29.6 Å². The maximum atomic E-state index is 12.5. The minimum Gasteiger partial charge on any atom is -0.397 e. The molecule has 1 aromatic heterocycles. The van der Waals surface area contributed by atoms with Gasteiger partial charge in [-0.3, -0.25) is 4.79 Å². The van der Waals surface area contributed by atoms with Crippen LogP contribution < -0.4 is 10.6 Å². The predicted molar refractivity (Wildman–Crippen MR) is 90.0 cm³/mol. The van der Waals surface area contributed by atoms with Gasteiger partial charge in [0.25, 0.3) is 5.91 Å². The lowest BCUT2D eigenvalue weighted by atomic mass is 10.1. The first-order valence-corrected chi connectivity index (χ1v) is 7.63. The van der Waals surface area contributed by atoms with Gasteiger partial charge in [-0.1, -0.05) is 0 Å². The summed E-state index contributed by atoms with van der Waals surface area (Å²) in [6.07, 6.45) is 0. The SMILES string of the molecule is Cc1ccsc1CN(C)C(=O)c1ccc(N(C)C)c(N)c1. The van der Waals surface area contributed by atoms with Crippen LogP contribution in [0.2, 0.25) is 0 Å². The van der Waals surface area contributed by atoms with Crippen LogP contribution in [0.25, 0.3) is 0 Å². The predicted octanol–water partition coefficient (Wildman–Crippen LogP) is 2.98. The van der Waals surface area contributed by atoms with Crippen molar-refractivity contribution < 1.29 is 4.79 Å². The fourth-order valence-electron chi connectivity index (χ4n) is 2.17. The van der Waals surface area contributed by atoms with Gasteiger partial charge in [-0.15, -0.1) is 11.3 Å². The van der Waals surface area contributed by atoms with E-state index < -0.39 is 0 Å². The smallest absolute Gasteiger partial charge is 0.253 e. The summed E-state index contributed by atoms with van der Waals surface area (Å²) in [7, 11) is 5.68. The molecule has 1 amide bonds. The van der Waals surface area contributed by atoms with Gasteiger partial charge in [0, 0.05) is 31.6 Å². The number of nitrogens with two attached hydrogens (primary N) is 1. The Labute approximate surface area is 129 Å². The number of carbonyl (C=O) groups excluding carboxylic acids is 1. The second-order valence-electron chi connectivity index (χ2n) is 5.36. The third-order valence-corrected chi connectivity index (χ3v) is 4.46. The van der Waals surface area contributed by atoms with Crippen molar-refractivity contribution in [1.29, 1.82) is 0 Å². The highest BCUT2D eigenvalue weighted by Gasteiger charge is 2.15. The summed E-state index contributed by atoms with van der Waals surface area (Å²) in [4.78, 5) is 17.3. The molecule has 1 aromatic carbocycles. The molecule has 2 N–H and O–H groups in total. The number of benzene rings is 1. The van der Waals surface area contributed by atoms with Crippen molar-refractivity contribution in [3.8, 4) is 0 Å². The topological polar surface area (TPSA) is 49.6 Å². The van der Waals surface area contributed by atoms with Crippen LogP contribution >= 0.6 is 11.3 Å². The standard InChI is InChI=1S/C16H21N3OS/c1-11-7-8-21-15(11)10-19(4)16(20)12-5-6-14(18(2)3)13(17)9-12/h5-9H,10,17H2,1-4H3. The van der Waals surface area contributed by atoms with Gasteiger partial charge in [0.2, 0.25) is 0 Å². The minimum atomic E-state index is -0.0141. The van der Waals surface area contributed by atoms with Gasteiger partial charge in [0.1, 0.15) is 0 Å². The second-order valence-corrected chi connectivity index (χ2v) is 6.36. The molecule has 0 saturated heterocycles. The van der Waals surface area contributed by atoms with E-state index in [1.807, 2.05) is 43.6 Å². The van der Waals surface area contributed by atoms with Crippen molar-refractivity contribution in [3.63, 3.8) is 0 Å². The molecule has 2 aromatic rings. The maximum Gasteiger partial charge on any atom is 0.253 e. The first-order chi connectivity index (χ1) is 9.90.